The van der Waals surface area contributed by atoms with Crippen molar-refractivity contribution in [3.8, 4) is 0 Å². The minimum absolute atomic E-state index is 0.122. The highest BCUT2D eigenvalue weighted by molar-refractivity contribution is 7.99. The normalized spacial score (nSPS) is 16.5. The van der Waals surface area contributed by atoms with Gasteiger partial charge in [-0.1, -0.05) is 62.3 Å². The number of piperidine rings is 1. The number of rotatable bonds is 14. The van der Waals surface area contributed by atoms with Gasteiger partial charge in [-0.2, -0.15) is 0 Å². The molecule has 1 atom stereocenters. The van der Waals surface area contributed by atoms with E-state index in [-0.39, 0.29) is 30.2 Å². The number of unbranched alkanes of at least 4 members (excludes halogenated alkanes) is 7. The van der Waals surface area contributed by atoms with Crippen LogP contribution in [0.3, 0.4) is 0 Å². The van der Waals surface area contributed by atoms with Crippen LogP contribution in [0.2, 0.25) is 5.02 Å². The van der Waals surface area contributed by atoms with Crippen LogP contribution in [-0.4, -0.2) is 47.0 Å². The molecule has 2 aliphatic heterocycles. The summed E-state index contributed by atoms with van der Waals surface area (Å²) >= 11 is 7.88. The third-order valence-corrected chi connectivity index (χ3v) is 9.18. The van der Waals surface area contributed by atoms with Crippen molar-refractivity contribution >= 4 is 52.8 Å². The Labute approximate surface area is 251 Å². The number of anilines is 1. The van der Waals surface area contributed by atoms with Gasteiger partial charge in [0.25, 0.3) is 5.91 Å². The molecule has 1 saturated heterocycles. The third kappa shape index (κ3) is 8.72. The maximum atomic E-state index is 13.0. The zero-order valence-electron chi connectivity index (χ0n) is 23.6. The lowest BCUT2D eigenvalue weighted by atomic mass is 10.0. The number of imide groups is 1. The number of fused-ring (bicyclic) bond motifs is 1. The molecule has 3 N–H and O–H groups in total. The first kappa shape index (κ1) is 30.9. The van der Waals surface area contributed by atoms with E-state index in [9.17, 15) is 19.2 Å². The van der Waals surface area contributed by atoms with E-state index in [0.717, 1.165) is 41.0 Å². The van der Waals surface area contributed by atoms with Crippen LogP contribution in [0.15, 0.2) is 41.3 Å². The van der Waals surface area contributed by atoms with Crippen molar-refractivity contribution in [2.45, 2.75) is 88.6 Å². The van der Waals surface area contributed by atoms with Crippen LogP contribution in [0.25, 0.3) is 0 Å². The third-order valence-electron chi connectivity index (χ3n) is 7.58. The average Bonchev–Trinajstić information content (AvgIpc) is 3.28. The molecule has 0 aromatic heterocycles. The molecule has 1 unspecified atom stereocenters. The van der Waals surface area contributed by atoms with Gasteiger partial charge < -0.3 is 15.5 Å². The molecule has 1 fully saturated rings. The Morgan fingerprint density at radius 2 is 1.76 bits per heavy atom. The van der Waals surface area contributed by atoms with E-state index in [1.54, 1.807) is 22.7 Å². The van der Waals surface area contributed by atoms with Gasteiger partial charge in [-0.15, -0.1) is 11.8 Å². The van der Waals surface area contributed by atoms with E-state index in [1.165, 1.54) is 32.1 Å². The molecule has 2 aliphatic rings. The number of hydrogen-bond acceptors (Lipinski definition) is 5. The number of hydrogen-bond donors (Lipinski definition) is 3. The fourth-order valence-corrected chi connectivity index (χ4v) is 6.48. The summed E-state index contributed by atoms with van der Waals surface area (Å²) in [4.78, 5) is 51.5. The molecule has 8 nitrogen and oxygen atoms in total. The number of amides is 5. The largest absolute Gasteiger partial charge is 0.338 e. The maximum absolute atomic E-state index is 13.0. The molecule has 0 aliphatic carbocycles. The minimum Gasteiger partial charge on any atom is -0.338 e. The zero-order chi connectivity index (χ0) is 29.2. The first-order valence-corrected chi connectivity index (χ1v) is 15.9. The quantitative estimate of drug-likeness (QED) is 0.132. The lowest BCUT2D eigenvalue weighted by molar-refractivity contribution is -0.136. The summed E-state index contributed by atoms with van der Waals surface area (Å²) in [5.41, 5.74) is 3.34. The van der Waals surface area contributed by atoms with Gasteiger partial charge in [0.15, 0.2) is 0 Å². The number of aryl methyl sites for hydroxylation is 1. The fraction of sp³-hybridized carbons (Fsp3) is 0.484. The van der Waals surface area contributed by atoms with Crippen LogP contribution in [0.5, 0.6) is 0 Å². The first-order valence-electron chi connectivity index (χ1n) is 14.5. The number of benzene rings is 2. The number of nitrogens with one attached hydrogen (secondary N) is 3. The number of nitrogens with zero attached hydrogens (tertiary/aromatic N) is 1. The predicted octanol–water partition coefficient (Wildman–Crippen LogP) is 6.44. The van der Waals surface area contributed by atoms with Crippen LogP contribution >= 0.6 is 23.4 Å². The molecule has 10 heteroatoms. The van der Waals surface area contributed by atoms with E-state index < -0.39 is 6.04 Å². The van der Waals surface area contributed by atoms with Crippen LogP contribution in [0.4, 0.5) is 10.5 Å². The highest BCUT2D eigenvalue weighted by atomic mass is 35.5. The average molecular weight is 599 g/mol. The maximum Gasteiger partial charge on any atom is 0.319 e. The van der Waals surface area contributed by atoms with Crippen molar-refractivity contribution in [3.05, 3.63) is 58.1 Å². The fourth-order valence-electron chi connectivity index (χ4n) is 5.21. The van der Waals surface area contributed by atoms with Gasteiger partial charge in [-0.3, -0.25) is 19.7 Å². The van der Waals surface area contributed by atoms with E-state index in [4.69, 9.17) is 11.6 Å². The SMILES string of the molecule is Cc1ccc(NC(=O)NCCCCCCCCCCSc2cccc3c2CN(C2CCC(=O)NC2=O)C3=O)cc1Cl. The van der Waals surface area contributed by atoms with Crippen molar-refractivity contribution in [1.29, 1.82) is 0 Å². The second kappa shape index (κ2) is 15.3. The van der Waals surface area contributed by atoms with Crippen molar-refractivity contribution < 1.29 is 19.2 Å². The second-order valence-corrected chi connectivity index (χ2v) is 12.2. The number of carbonyl (C=O) groups excluding carboxylic acids is 4. The summed E-state index contributed by atoms with van der Waals surface area (Å²) in [6.45, 7) is 3.00. The summed E-state index contributed by atoms with van der Waals surface area (Å²) in [5, 5.41) is 8.71. The van der Waals surface area contributed by atoms with Gasteiger partial charge >= 0.3 is 6.03 Å². The standard InChI is InChI=1S/C31H39ClN4O4S/c1-21-13-14-22(19-25(21)32)34-31(40)33-17-8-6-4-2-3-5-7-9-18-41-27-12-10-11-23-24(27)20-36(30(23)39)26-15-16-28(37)35-29(26)38/h10-14,19,26H,2-9,15-18,20H2,1H3,(H2,33,34,40)(H,35,37,38). The van der Waals surface area contributed by atoms with E-state index in [0.29, 0.717) is 35.8 Å². The van der Waals surface area contributed by atoms with Crippen LogP contribution in [-0.2, 0) is 16.1 Å². The molecule has 2 heterocycles. The van der Waals surface area contributed by atoms with Gasteiger partial charge in [0.1, 0.15) is 6.04 Å². The van der Waals surface area contributed by atoms with Crippen molar-refractivity contribution in [3.63, 3.8) is 0 Å². The van der Waals surface area contributed by atoms with Crippen molar-refractivity contribution in [2.24, 2.45) is 0 Å². The predicted molar refractivity (Wildman–Crippen MR) is 163 cm³/mol. The van der Waals surface area contributed by atoms with Crippen molar-refractivity contribution in [1.82, 2.24) is 15.5 Å². The Bertz CT molecular complexity index is 1270. The molecule has 41 heavy (non-hydrogen) atoms. The van der Waals surface area contributed by atoms with Crippen molar-refractivity contribution in [2.75, 3.05) is 17.6 Å². The summed E-state index contributed by atoms with van der Waals surface area (Å²) in [6.07, 6.45) is 9.77. The lowest BCUT2D eigenvalue weighted by Crippen LogP contribution is -2.52. The van der Waals surface area contributed by atoms with E-state index in [1.807, 2.05) is 31.2 Å². The Morgan fingerprint density at radius 3 is 2.49 bits per heavy atom. The second-order valence-electron chi connectivity index (χ2n) is 10.7. The van der Waals surface area contributed by atoms with E-state index in [2.05, 4.69) is 22.0 Å². The Hall–Kier alpha value is -3.04. The minimum atomic E-state index is -0.578. The summed E-state index contributed by atoms with van der Waals surface area (Å²) in [7, 11) is 0. The summed E-state index contributed by atoms with van der Waals surface area (Å²) < 4.78 is 0. The van der Waals surface area contributed by atoms with Gasteiger partial charge in [0, 0.05) is 40.7 Å². The van der Waals surface area contributed by atoms with Gasteiger partial charge in [-0.25, -0.2) is 4.79 Å². The number of thioether (sulfide) groups is 1. The topological polar surface area (TPSA) is 108 Å². The van der Waals surface area contributed by atoms with Crippen LogP contribution < -0.4 is 16.0 Å². The van der Waals surface area contributed by atoms with E-state index >= 15 is 0 Å². The van der Waals surface area contributed by atoms with Crippen LogP contribution in [0.1, 0.15) is 85.7 Å². The molecule has 4 rings (SSSR count). The zero-order valence-corrected chi connectivity index (χ0v) is 25.2. The summed E-state index contributed by atoms with van der Waals surface area (Å²) in [6, 6.07) is 10.5. The highest BCUT2D eigenvalue weighted by Gasteiger charge is 2.39. The lowest BCUT2D eigenvalue weighted by Gasteiger charge is -2.29. The number of urea groups is 1. The molecule has 220 valence electrons. The Morgan fingerprint density at radius 1 is 1.02 bits per heavy atom. The highest BCUT2D eigenvalue weighted by Crippen LogP contribution is 2.34. The molecule has 2 aromatic rings. The molecule has 0 spiro atoms. The molecule has 0 bridgehead atoms. The van der Waals surface area contributed by atoms with Crippen LogP contribution in [0, 0.1) is 6.92 Å². The number of carbonyl (C=O) groups is 4. The molecule has 0 saturated carbocycles. The first-order chi connectivity index (χ1) is 19.8. The number of halogens is 1. The molecule has 0 radical (unpaired) electrons. The monoisotopic (exact) mass is 598 g/mol. The van der Waals surface area contributed by atoms with Gasteiger partial charge in [0.2, 0.25) is 11.8 Å². The molecule has 2 aromatic carbocycles. The Kier molecular flexibility index (Phi) is 11.5. The summed E-state index contributed by atoms with van der Waals surface area (Å²) in [5.74, 6) is 0.224. The molecular formula is C31H39ClN4O4S. The molecule has 5 amide bonds. The van der Waals surface area contributed by atoms with Gasteiger partial charge in [0.05, 0.1) is 0 Å². The molecular weight excluding hydrogens is 560 g/mol. The Balaban J connectivity index is 1.04. The smallest absolute Gasteiger partial charge is 0.319 e. The van der Waals surface area contributed by atoms with Gasteiger partial charge in [-0.05, 0) is 67.3 Å².